The highest BCUT2D eigenvalue weighted by Gasteiger charge is 2.42. The van der Waals surface area contributed by atoms with E-state index >= 15 is 0 Å². The minimum absolute atomic E-state index is 0.0529. The lowest BCUT2D eigenvalue weighted by molar-refractivity contribution is -0.157. The van der Waals surface area contributed by atoms with Crippen LogP contribution in [-0.4, -0.2) is 40.9 Å². The molecule has 2 aliphatic heterocycles. The lowest BCUT2D eigenvalue weighted by Crippen LogP contribution is -2.48. The van der Waals surface area contributed by atoms with Crippen LogP contribution in [0.25, 0.3) is 0 Å². The summed E-state index contributed by atoms with van der Waals surface area (Å²) in [4.78, 5) is 42.5. The van der Waals surface area contributed by atoms with E-state index in [2.05, 4.69) is 6.07 Å². The molecule has 168 valence electrons. The van der Waals surface area contributed by atoms with E-state index in [1.807, 2.05) is 63.2 Å². The van der Waals surface area contributed by atoms with Crippen LogP contribution in [-0.2, 0) is 32.0 Å². The number of amides is 2. The van der Waals surface area contributed by atoms with Crippen molar-refractivity contribution in [2.75, 3.05) is 11.4 Å². The minimum Gasteiger partial charge on any atom is -0.458 e. The van der Waals surface area contributed by atoms with Gasteiger partial charge in [0, 0.05) is 25.6 Å². The van der Waals surface area contributed by atoms with E-state index in [9.17, 15) is 14.4 Å². The van der Waals surface area contributed by atoms with Crippen LogP contribution in [0.2, 0.25) is 0 Å². The van der Waals surface area contributed by atoms with Crippen LogP contribution in [0, 0.1) is 0 Å². The van der Waals surface area contributed by atoms with Gasteiger partial charge in [-0.1, -0.05) is 42.5 Å². The summed E-state index contributed by atoms with van der Waals surface area (Å²) in [6.07, 6.45) is 1.31. The lowest BCUT2D eigenvalue weighted by Gasteiger charge is -2.37. The van der Waals surface area contributed by atoms with E-state index in [0.717, 1.165) is 28.8 Å². The van der Waals surface area contributed by atoms with Gasteiger partial charge in [-0.25, -0.2) is 4.79 Å². The Morgan fingerprint density at radius 3 is 2.34 bits per heavy atom. The molecule has 0 N–H and O–H groups in total. The summed E-state index contributed by atoms with van der Waals surface area (Å²) in [5.74, 6) is -0.643. The van der Waals surface area contributed by atoms with Crippen LogP contribution in [0.15, 0.2) is 48.5 Å². The average Bonchev–Trinajstić information content (AvgIpc) is 3.12. The van der Waals surface area contributed by atoms with Crippen molar-refractivity contribution >= 4 is 23.5 Å². The molecule has 2 amide bonds. The standard InChI is InChI=1S/C26H30N2O4/c1-17(29)27-14-13-18-9-5-7-11-20(18)22(27)16-24(30)28-21-12-8-6-10-19(21)15-23(28)25(31)32-26(2,3)4/h5-12,22-23H,13-16H2,1-4H3/t22-,23-/m0/s1. The van der Waals surface area contributed by atoms with Crippen molar-refractivity contribution in [2.45, 2.75) is 64.6 Å². The summed E-state index contributed by atoms with van der Waals surface area (Å²) < 4.78 is 5.64. The normalized spacial score (nSPS) is 19.9. The van der Waals surface area contributed by atoms with Crippen molar-refractivity contribution in [2.24, 2.45) is 0 Å². The molecule has 2 atom stereocenters. The Bertz CT molecular complexity index is 1060. The Morgan fingerprint density at radius 1 is 1.00 bits per heavy atom. The molecule has 0 bridgehead atoms. The molecule has 0 fully saturated rings. The summed E-state index contributed by atoms with van der Waals surface area (Å²) in [7, 11) is 0. The number of nitrogens with zero attached hydrogens (tertiary/aromatic N) is 2. The molecule has 2 aromatic rings. The number of hydrogen-bond acceptors (Lipinski definition) is 4. The van der Waals surface area contributed by atoms with Gasteiger partial charge in [-0.15, -0.1) is 0 Å². The largest absolute Gasteiger partial charge is 0.458 e. The summed E-state index contributed by atoms with van der Waals surface area (Å²) in [6, 6.07) is 14.5. The molecule has 32 heavy (non-hydrogen) atoms. The predicted octanol–water partition coefficient (Wildman–Crippen LogP) is 3.82. The smallest absolute Gasteiger partial charge is 0.330 e. The van der Waals surface area contributed by atoms with Gasteiger partial charge in [0.1, 0.15) is 11.6 Å². The molecule has 6 nitrogen and oxygen atoms in total. The quantitative estimate of drug-likeness (QED) is 0.689. The van der Waals surface area contributed by atoms with Crippen molar-refractivity contribution in [3.63, 3.8) is 0 Å². The minimum atomic E-state index is -0.705. The van der Waals surface area contributed by atoms with Gasteiger partial charge in [-0.3, -0.25) is 14.5 Å². The summed E-state index contributed by atoms with van der Waals surface area (Å²) in [6.45, 7) is 7.59. The molecule has 0 spiro atoms. The first-order chi connectivity index (χ1) is 15.2. The van der Waals surface area contributed by atoms with E-state index in [-0.39, 0.29) is 24.3 Å². The number of anilines is 1. The number of benzene rings is 2. The molecular formula is C26H30N2O4. The van der Waals surface area contributed by atoms with Crippen molar-refractivity contribution < 1.29 is 19.1 Å². The van der Waals surface area contributed by atoms with Gasteiger partial charge in [0.25, 0.3) is 0 Å². The number of carbonyl (C=O) groups is 3. The Kier molecular flexibility index (Phi) is 5.80. The first-order valence-electron chi connectivity index (χ1n) is 11.1. The van der Waals surface area contributed by atoms with Crippen LogP contribution in [0.3, 0.4) is 0 Å². The third kappa shape index (κ3) is 4.27. The fourth-order valence-electron chi connectivity index (χ4n) is 4.77. The molecule has 0 radical (unpaired) electrons. The summed E-state index contributed by atoms with van der Waals surface area (Å²) >= 11 is 0. The molecule has 0 aromatic heterocycles. The van der Waals surface area contributed by atoms with E-state index in [1.165, 1.54) is 0 Å². The van der Waals surface area contributed by atoms with Gasteiger partial charge in [0.2, 0.25) is 11.8 Å². The van der Waals surface area contributed by atoms with Gasteiger partial charge < -0.3 is 9.64 Å². The predicted molar refractivity (Wildman–Crippen MR) is 122 cm³/mol. The number of para-hydroxylation sites is 1. The number of carbonyl (C=O) groups excluding carboxylic acids is 3. The number of ether oxygens (including phenoxy) is 1. The highest BCUT2D eigenvalue weighted by atomic mass is 16.6. The number of hydrogen-bond donors (Lipinski definition) is 0. The van der Waals surface area contributed by atoms with Crippen LogP contribution in [0.4, 0.5) is 5.69 Å². The molecular weight excluding hydrogens is 404 g/mol. The first-order valence-corrected chi connectivity index (χ1v) is 11.1. The van der Waals surface area contributed by atoms with Gasteiger partial charge in [0.05, 0.1) is 12.5 Å². The van der Waals surface area contributed by atoms with Crippen molar-refractivity contribution in [3.05, 3.63) is 65.2 Å². The molecule has 2 aromatic carbocycles. The van der Waals surface area contributed by atoms with Gasteiger partial charge in [0.15, 0.2) is 0 Å². The maximum atomic E-state index is 13.7. The maximum absolute atomic E-state index is 13.7. The number of fused-ring (bicyclic) bond motifs is 2. The summed E-state index contributed by atoms with van der Waals surface area (Å²) in [5.41, 5.74) is 3.21. The third-order valence-electron chi connectivity index (χ3n) is 6.11. The summed E-state index contributed by atoms with van der Waals surface area (Å²) in [5, 5.41) is 0. The molecule has 2 aliphatic rings. The zero-order valence-corrected chi connectivity index (χ0v) is 19.1. The van der Waals surface area contributed by atoms with Crippen molar-refractivity contribution in [1.29, 1.82) is 0 Å². The first kappa shape index (κ1) is 22.1. The fourth-order valence-corrected chi connectivity index (χ4v) is 4.77. The molecule has 6 heteroatoms. The monoisotopic (exact) mass is 434 g/mol. The Labute approximate surface area is 189 Å². The molecule has 0 saturated heterocycles. The van der Waals surface area contributed by atoms with Gasteiger partial charge in [-0.2, -0.15) is 0 Å². The highest BCUT2D eigenvalue weighted by Crippen LogP contribution is 2.37. The van der Waals surface area contributed by atoms with Crippen LogP contribution in [0.5, 0.6) is 0 Å². The Hall–Kier alpha value is -3.15. The molecule has 4 rings (SSSR count). The lowest BCUT2D eigenvalue weighted by atomic mass is 9.90. The molecule has 2 heterocycles. The van der Waals surface area contributed by atoms with E-state index in [4.69, 9.17) is 4.74 Å². The molecule has 0 unspecified atom stereocenters. The van der Waals surface area contributed by atoms with Crippen LogP contribution < -0.4 is 4.90 Å². The number of rotatable bonds is 3. The van der Waals surface area contributed by atoms with E-state index in [0.29, 0.717) is 13.0 Å². The van der Waals surface area contributed by atoms with Crippen molar-refractivity contribution in [1.82, 2.24) is 4.90 Å². The van der Waals surface area contributed by atoms with E-state index in [1.54, 1.807) is 16.7 Å². The molecule has 0 saturated carbocycles. The average molecular weight is 435 g/mol. The van der Waals surface area contributed by atoms with Gasteiger partial charge >= 0.3 is 5.97 Å². The SMILES string of the molecule is CC(=O)N1CCc2ccccc2[C@@H]1CC(=O)N1c2ccccc2C[C@H]1C(=O)OC(C)(C)C. The molecule has 0 aliphatic carbocycles. The zero-order valence-electron chi connectivity index (χ0n) is 19.1. The Morgan fingerprint density at radius 2 is 1.66 bits per heavy atom. The third-order valence-corrected chi connectivity index (χ3v) is 6.11. The topological polar surface area (TPSA) is 66.9 Å². The van der Waals surface area contributed by atoms with Crippen LogP contribution >= 0.6 is 0 Å². The van der Waals surface area contributed by atoms with Crippen molar-refractivity contribution in [3.8, 4) is 0 Å². The fraction of sp³-hybridized carbons (Fsp3) is 0.423. The van der Waals surface area contributed by atoms with Crippen LogP contribution in [0.1, 0.15) is 56.8 Å². The van der Waals surface area contributed by atoms with E-state index < -0.39 is 17.6 Å². The highest BCUT2D eigenvalue weighted by molar-refractivity contribution is 6.02. The van der Waals surface area contributed by atoms with Gasteiger partial charge in [-0.05, 0) is 49.9 Å². The second-order valence-corrected chi connectivity index (χ2v) is 9.53. The second kappa shape index (κ2) is 8.41. The second-order valence-electron chi connectivity index (χ2n) is 9.53. The zero-order chi connectivity index (χ0) is 23.0. The maximum Gasteiger partial charge on any atom is 0.330 e. The Balaban J connectivity index is 1.66. The number of esters is 1.